The largest absolute Gasteiger partial charge is 0.488 e. The van der Waals surface area contributed by atoms with Crippen LogP contribution in [0.1, 0.15) is 33.7 Å². The maximum absolute atomic E-state index is 13.9. The normalized spacial score (nSPS) is 11.5. The smallest absolute Gasteiger partial charge is 0.419 e. The first-order valence-electron chi connectivity index (χ1n) is 9.32. The minimum atomic E-state index is -4.75. The molecule has 31 heavy (non-hydrogen) atoms. The molecule has 0 aliphatic carbocycles. The van der Waals surface area contributed by atoms with Crippen LogP contribution >= 0.6 is 11.3 Å². The van der Waals surface area contributed by atoms with Gasteiger partial charge in [-0.1, -0.05) is 12.1 Å². The number of carbonyl (C=O) groups is 1. The van der Waals surface area contributed by atoms with Crippen LogP contribution in [-0.2, 0) is 24.0 Å². The summed E-state index contributed by atoms with van der Waals surface area (Å²) < 4.78 is 58.0. The summed E-state index contributed by atoms with van der Waals surface area (Å²) in [6.07, 6.45) is -4.34. The predicted octanol–water partition coefficient (Wildman–Crippen LogP) is 6.18. The quantitative estimate of drug-likeness (QED) is 0.434. The second-order valence-corrected chi connectivity index (χ2v) is 8.07. The third-order valence-electron chi connectivity index (χ3n) is 4.71. The molecule has 4 nitrogen and oxygen atoms in total. The molecule has 1 N–H and O–H groups in total. The Morgan fingerprint density at radius 3 is 2.55 bits per heavy atom. The number of hydrogen-bond donors (Lipinski definition) is 1. The Morgan fingerprint density at radius 1 is 1.16 bits per heavy atom. The standard InChI is InChI=1S/C22H19F4NO3S/c1-12-3-6-16(9-14(12)5-8-20(28)29)30-11-19-13(2)27-21(31-19)15-4-7-17(18(23)10-15)22(24,25)26/h3-4,6-7,9-10H,5,8,11H2,1-2H3,(H,28,29). The molecule has 0 aliphatic rings. The molecular weight excluding hydrogens is 434 g/mol. The second-order valence-electron chi connectivity index (χ2n) is 6.99. The number of aryl methyl sites for hydroxylation is 3. The third kappa shape index (κ3) is 5.61. The molecule has 0 bridgehead atoms. The Balaban J connectivity index is 1.75. The Labute approximate surface area is 180 Å². The topological polar surface area (TPSA) is 59.4 Å². The van der Waals surface area contributed by atoms with E-state index in [4.69, 9.17) is 9.84 Å². The van der Waals surface area contributed by atoms with Crippen molar-refractivity contribution in [2.24, 2.45) is 0 Å². The highest BCUT2D eigenvalue weighted by molar-refractivity contribution is 7.15. The molecule has 164 valence electrons. The highest BCUT2D eigenvalue weighted by Crippen LogP contribution is 2.35. The van der Waals surface area contributed by atoms with Crippen LogP contribution in [0.3, 0.4) is 0 Å². The first kappa shape index (κ1) is 22.7. The summed E-state index contributed by atoms with van der Waals surface area (Å²) in [6, 6.07) is 8.16. The molecule has 0 saturated carbocycles. The van der Waals surface area contributed by atoms with Gasteiger partial charge in [0.1, 0.15) is 23.2 Å². The Hall–Kier alpha value is -2.94. The SMILES string of the molecule is Cc1ccc(OCc2sc(-c3ccc(C(F)(F)F)c(F)c3)nc2C)cc1CCC(=O)O. The first-order valence-corrected chi connectivity index (χ1v) is 10.1. The van der Waals surface area contributed by atoms with Crippen LogP contribution in [0.4, 0.5) is 17.6 Å². The van der Waals surface area contributed by atoms with Gasteiger partial charge in [-0.3, -0.25) is 4.79 Å². The molecule has 3 rings (SSSR count). The molecule has 0 unspecified atom stereocenters. The summed E-state index contributed by atoms with van der Waals surface area (Å²) in [7, 11) is 0. The molecule has 3 aromatic rings. The van der Waals surface area contributed by atoms with Crippen molar-refractivity contribution in [3.63, 3.8) is 0 Å². The average Bonchev–Trinajstić information content (AvgIpc) is 3.06. The maximum Gasteiger partial charge on any atom is 0.419 e. The molecule has 0 saturated heterocycles. The molecule has 0 atom stereocenters. The van der Waals surface area contributed by atoms with E-state index in [-0.39, 0.29) is 18.6 Å². The Bertz CT molecular complexity index is 1110. The van der Waals surface area contributed by atoms with Crippen molar-refractivity contribution in [1.29, 1.82) is 0 Å². The molecule has 9 heteroatoms. The summed E-state index contributed by atoms with van der Waals surface area (Å²) in [4.78, 5) is 15.9. The van der Waals surface area contributed by atoms with E-state index < -0.39 is 23.5 Å². The molecule has 1 heterocycles. The number of ether oxygens (including phenoxy) is 1. The summed E-state index contributed by atoms with van der Waals surface area (Å²) in [5.41, 5.74) is 1.43. The number of thiazole rings is 1. The number of rotatable bonds is 7. The Morgan fingerprint density at radius 2 is 1.90 bits per heavy atom. The number of alkyl halides is 3. The lowest BCUT2D eigenvalue weighted by atomic mass is 10.0. The van der Waals surface area contributed by atoms with Crippen LogP contribution in [-0.4, -0.2) is 16.1 Å². The van der Waals surface area contributed by atoms with E-state index in [1.165, 1.54) is 17.4 Å². The van der Waals surface area contributed by atoms with Gasteiger partial charge in [0.2, 0.25) is 0 Å². The lowest BCUT2D eigenvalue weighted by Crippen LogP contribution is -2.07. The van der Waals surface area contributed by atoms with Gasteiger partial charge >= 0.3 is 12.1 Å². The number of aliphatic carboxylic acids is 1. The summed E-state index contributed by atoms with van der Waals surface area (Å²) in [5, 5.41) is 9.27. The number of carboxylic acids is 1. The van der Waals surface area contributed by atoms with Crippen molar-refractivity contribution in [2.75, 3.05) is 0 Å². The Kier molecular flexibility index (Phi) is 6.64. The maximum atomic E-state index is 13.9. The van der Waals surface area contributed by atoms with Crippen molar-refractivity contribution in [3.8, 4) is 16.3 Å². The van der Waals surface area contributed by atoms with E-state index in [0.717, 1.165) is 22.1 Å². The van der Waals surface area contributed by atoms with E-state index >= 15 is 0 Å². The zero-order chi connectivity index (χ0) is 22.8. The van der Waals surface area contributed by atoms with E-state index in [2.05, 4.69) is 4.98 Å². The van der Waals surface area contributed by atoms with Gasteiger partial charge < -0.3 is 9.84 Å². The van der Waals surface area contributed by atoms with Gasteiger partial charge in [-0.05, 0) is 55.7 Å². The molecular formula is C22H19F4NO3S. The van der Waals surface area contributed by atoms with Crippen molar-refractivity contribution in [3.05, 3.63) is 69.5 Å². The van der Waals surface area contributed by atoms with Crippen LogP contribution in [0, 0.1) is 19.7 Å². The van der Waals surface area contributed by atoms with Gasteiger partial charge in [0.25, 0.3) is 0 Å². The van der Waals surface area contributed by atoms with Gasteiger partial charge in [0.05, 0.1) is 16.1 Å². The van der Waals surface area contributed by atoms with Crippen LogP contribution in [0.5, 0.6) is 5.75 Å². The average molecular weight is 453 g/mol. The second kappa shape index (κ2) is 9.05. The van der Waals surface area contributed by atoms with Crippen molar-refractivity contribution in [2.45, 2.75) is 39.5 Å². The number of nitrogens with zero attached hydrogens (tertiary/aromatic N) is 1. The number of halogens is 4. The molecule has 2 aromatic carbocycles. The molecule has 0 fully saturated rings. The van der Waals surface area contributed by atoms with E-state index in [0.29, 0.717) is 28.9 Å². The van der Waals surface area contributed by atoms with Crippen LogP contribution in [0.2, 0.25) is 0 Å². The summed E-state index contributed by atoms with van der Waals surface area (Å²) in [6.45, 7) is 3.81. The van der Waals surface area contributed by atoms with Gasteiger partial charge in [-0.2, -0.15) is 13.2 Å². The van der Waals surface area contributed by atoms with Crippen LogP contribution in [0.15, 0.2) is 36.4 Å². The van der Waals surface area contributed by atoms with Gasteiger partial charge in [0.15, 0.2) is 0 Å². The fourth-order valence-corrected chi connectivity index (χ4v) is 3.93. The zero-order valence-corrected chi connectivity index (χ0v) is 17.5. The summed E-state index contributed by atoms with van der Waals surface area (Å²) >= 11 is 1.21. The molecule has 0 amide bonds. The predicted molar refractivity (Wildman–Crippen MR) is 109 cm³/mol. The number of hydrogen-bond acceptors (Lipinski definition) is 4. The molecule has 0 aliphatic heterocycles. The highest BCUT2D eigenvalue weighted by atomic mass is 32.1. The lowest BCUT2D eigenvalue weighted by Gasteiger charge is -2.10. The minimum absolute atomic E-state index is 0.0191. The van der Waals surface area contributed by atoms with Gasteiger partial charge in [-0.15, -0.1) is 11.3 Å². The fourth-order valence-electron chi connectivity index (χ4n) is 2.96. The number of aromatic nitrogens is 1. The first-order chi connectivity index (χ1) is 14.5. The van der Waals surface area contributed by atoms with Crippen molar-refractivity contribution in [1.82, 2.24) is 4.98 Å². The van der Waals surface area contributed by atoms with Gasteiger partial charge in [0, 0.05) is 12.0 Å². The van der Waals surface area contributed by atoms with Crippen molar-refractivity contribution >= 4 is 17.3 Å². The molecule has 1 aromatic heterocycles. The van der Waals surface area contributed by atoms with E-state index in [9.17, 15) is 22.4 Å². The van der Waals surface area contributed by atoms with E-state index in [1.54, 1.807) is 19.1 Å². The number of benzene rings is 2. The highest BCUT2D eigenvalue weighted by Gasteiger charge is 2.34. The van der Waals surface area contributed by atoms with E-state index in [1.807, 2.05) is 13.0 Å². The van der Waals surface area contributed by atoms with Crippen LogP contribution < -0.4 is 4.74 Å². The van der Waals surface area contributed by atoms with Crippen molar-refractivity contribution < 1.29 is 32.2 Å². The fraction of sp³-hybridized carbons (Fsp3) is 0.273. The van der Waals surface area contributed by atoms with Gasteiger partial charge in [-0.25, -0.2) is 9.37 Å². The number of carboxylic acid groups (broad SMARTS) is 1. The minimum Gasteiger partial charge on any atom is -0.488 e. The zero-order valence-electron chi connectivity index (χ0n) is 16.7. The third-order valence-corrected chi connectivity index (χ3v) is 5.89. The van der Waals surface area contributed by atoms with Crippen LogP contribution in [0.25, 0.3) is 10.6 Å². The summed E-state index contributed by atoms with van der Waals surface area (Å²) in [5.74, 6) is -1.65. The monoisotopic (exact) mass is 453 g/mol. The lowest BCUT2D eigenvalue weighted by molar-refractivity contribution is -0.140. The molecule has 0 spiro atoms. The molecule has 0 radical (unpaired) electrons.